The quantitative estimate of drug-likeness (QED) is 0.0197. The lowest BCUT2D eigenvalue weighted by Crippen LogP contribution is -2.37. The lowest BCUT2D eigenvalue weighted by atomic mass is 10.0. The van der Waals surface area contributed by atoms with E-state index in [4.69, 9.17) is 18.5 Å². The van der Waals surface area contributed by atoms with Gasteiger partial charge in [0.1, 0.15) is 19.3 Å². The van der Waals surface area contributed by atoms with Gasteiger partial charge in [-0.3, -0.25) is 9.36 Å². The molecular formula is C64H116NO7P. The first kappa shape index (κ1) is 70.7. The predicted octanol–water partition coefficient (Wildman–Crippen LogP) is 18.9. The molecule has 73 heavy (non-hydrogen) atoms. The third-order valence-corrected chi connectivity index (χ3v) is 13.9. The Kier molecular flexibility index (Phi) is 54.1. The Hall–Kier alpha value is -2.32. The Balaban J connectivity index is 4.07. The summed E-state index contributed by atoms with van der Waals surface area (Å²) >= 11 is 0. The van der Waals surface area contributed by atoms with Crippen molar-refractivity contribution < 1.29 is 37.3 Å². The number of carbonyl (C=O) groups excluding carboxylic acids is 1. The summed E-state index contributed by atoms with van der Waals surface area (Å²) < 4.78 is 34.9. The first-order chi connectivity index (χ1) is 35.6. The molecule has 0 aromatic rings. The van der Waals surface area contributed by atoms with Crippen LogP contribution in [0.4, 0.5) is 0 Å². The number of nitrogens with zero attached hydrogens (tertiary/aromatic N) is 1. The van der Waals surface area contributed by atoms with E-state index in [0.29, 0.717) is 24.1 Å². The minimum absolute atomic E-state index is 0.0221. The van der Waals surface area contributed by atoms with Crippen LogP contribution >= 0.6 is 7.82 Å². The van der Waals surface area contributed by atoms with Gasteiger partial charge in [0.25, 0.3) is 7.82 Å². The number of ether oxygens (including phenoxy) is 2. The van der Waals surface area contributed by atoms with Crippen molar-refractivity contribution in [1.29, 1.82) is 0 Å². The van der Waals surface area contributed by atoms with Crippen LogP contribution in [-0.4, -0.2) is 70.7 Å². The highest BCUT2D eigenvalue weighted by molar-refractivity contribution is 7.45. The monoisotopic (exact) mass is 1040 g/mol. The van der Waals surface area contributed by atoms with E-state index in [-0.39, 0.29) is 25.8 Å². The van der Waals surface area contributed by atoms with Crippen molar-refractivity contribution in [3.8, 4) is 0 Å². The zero-order valence-electron chi connectivity index (χ0n) is 48.3. The number of phosphoric acid groups is 1. The molecule has 0 amide bonds. The van der Waals surface area contributed by atoms with Gasteiger partial charge in [-0.05, 0) is 89.9 Å². The number of allylic oxidation sites excluding steroid dienone is 14. The molecule has 0 aliphatic carbocycles. The van der Waals surface area contributed by atoms with Gasteiger partial charge in [-0.15, -0.1) is 0 Å². The topological polar surface area (TPSA) is 94.1 Å². The highest BCUT2D eigenvalue weighted by atomic mass is 31.2. The molecule has 9 heteroatoms. The van der Waals surface area contributed by atoms with Crippen molar-refractivity contribution in [2.24, 2.45) is 0 Å². The third-order valence-electron chi connectivity index (χ3n) is 12.9. The first-order valence-corrected chi connectivity index (χ1v) is 31.8. The largest absolute Gasteiger partial charge is 0.756 e. The fraction of sp³-hybridized carbons (Fsp3) is 0.766. The SMILES string of the molecule is CC/C=C\C/C=C\C/C=C\C/C=C\CCCCCCCCCCCCCCC(=O)OC(COCCCCCCCCCCCCC/C=C\C/C=C\C/C=C\CCCCCCC)COP(=O)([O-])OCC[N+](C)(C)C. The molecule has 0 saturated heterocycles. The van der Waals surface area contributed by atoms with E-state index >= 15 is 0 Å². The van der Waals surface area contributed by atoms with Crippen molar-refractivity contribution in [2.45, 2.75) is 264 Å². The Morgan fingerprint density at radius 2 is 0.795 bits per heavy atom. The van der Waals surface area contributed by atoms with Gasteiger partial charge in [0.2, 0.25) is 0 Å². The number of hydrogen-bond acceptors (Lipinski definition) is 7. The molecule has 0 aliphatic rings. The molecule has 0 heterocycles. The maximum atomic E-state index is 12.8. The molecule has 2 unspecified atom stereocenters. The summed E-state index contributed by atoms with van der Waals surface area (Å²) in [6.45, 7) is 5.30. The van der Waals surface area contributed by atoms with Crippen molar-refractivity contribution in [1.82, 2.24) is 0 Å². The molecule has 0 rings (SSSR count). The van der Waals surface area contributed by atoms with Gasteiger partial charge < -0.3 is 27.9 Å². The standard InChI is InChI=1S/C64H116NO7P/c1-6-8-10-12-14-16-18-20-22-24-26-28-30-32-34-36-38-40-42-44-46-48-50-52-54-56-59-69-61-63(62-71-73(67,68)70-60-58-65(3,4)5)72-64(66)57-55-53-51-49-47-45-43-41-39-37-35-33-31-29-27-25-23-21-19-17-15-13-11-9-7-2/h9,11,15,17-18,20-21,23-24,26-27,29-30,32,63H,6-8,10,12-14,16,19,22,25,28,31,33-62H2,1-5H3/b11-9-,17-15-,20-18-,23-21-,26-24-,29-27-,32-30-. The molecule has 0 radical (unpaired) electrons. The van der Waals surface area contributed by atoms with E-state index in [1.807, 2.05) is 21.1 Å². The smallest absolute Gasteiger partial charge is 0.306 e. The number of rotatable bonds is 56. The minimum Gasteiger partial charge on any atom is -0.756 e. The highest BCUT2D eigenvalue weighted by Gasteiger charge is 2.20. The number of likely N-dealkylation sites (N-methyl/N-ethyl adjacent to an activating group) is 1. The first-order valence-electron chi connectivity index (χ1n) is 30.3. The summed E-state index contributed by atoms with van der Waals surface area (Å²) in [6, 6.07) is 0. The fourth-order valence-electron chi connectivity index (χ4n) is 8.31. The van der Waals surface area contributed by atoms with E-state index in [1.165, 1.54) is 167 Å². The van der Waals surface area contributed by atoms with Crippen LogP contribution in [0.2, 0.25) is 0 Å². The molecule has 8 nitrogen and oxygen atoms in total. The van der Waals surface area contributed by atoms with Crippen LogP contribution in [0.25, 0.3) is 0 Å². The van der Waals surface area contributed by atoms with Crippen molar-refractivity contribution in [3.05, 3.63) is 85.1 Å². The van der Waals surface area contributed by atoms with Crippen LogP contribution in [0.1, 0.15) is 258 Å². The summed E-state index contributed by atoms with van der Waals surface area (Å²) in [5.41, 5.74) is 0. The molecule has 2 atom stereocenters. The molecule has 0 N–H and O–H groups in total. The maximum Gasteiger partial charge on any atom is 0.306 e. The second kappa shape index (κ2) is 55.9. The summed E-state index contributed by atoms with van der Waals surface area (Å²) in [5, 5.41) is 0. The number of quaternary nitrogens is 1. The van der Waals surface area contributed by atoms with Gasteiger partial charge in [-0.1, -0.05) is 247 Å². The second-order valence-corrected chi connectivity index (χ2v) is 22.7. The van der Waals surface area contributed by atoms with E-state index in [0.717, 1.165) is 70.6 Å². The molecule has 0 spiro atoms. The average Bonchev–Trinajstić information content (AvgIpc) is 3.35. The third kappa shape index (κ3) is 60.4. The summed E-state index contributed by atoms with van der Waals surface area (Å²) in [4.78, 5) is 25.3. The zero-order chi connectivity index (χ0) is 53.3. The molecule has 0 bridgehead atoms. The van der Waals surface area contributed by atoms with E-state index in [2.05, 4.69) is 98.9 Å². The van der Waals surface area contributed by atoms with E-state index in [1.54, 1.807) is 0 Å². The summed E-state index contributed by atoms with van der Waals surface area (Å²) in [7, 11) is 1.35. The Morgan fingerprint density at radius 1 is 0.438 bits per heavy atom. The molecule has 424 valence electrons. The lowest BCUT2D eigenvalue weighted by molar-refractivity contribution is -0.870. The predicted molar refractivity (Wildman–Crippen MR) is 314 cm³/mol. The van der Waals surface area contributed by atoms with Crippen LogP contribution in [0.15, 0.2) is 85.1 Å². The van der Waals surface area contributed by atoms with Gasteiger partial charge >= 0.3 is 5.97 Å². The van der Waals surface area contributed by atoms with Crippen molar-refractivity contribution >= 4 is 13.8 Å². The number of phosphoric ester groups is 1. The molecule has 0 aliphatic heterocycles. The zero-order valence-corrected chi connectivity index (χ0v) is 49.2. The number of esters is 1. The van der Waals surface area contributed by atoms with E-state index < -0.39 is 13.9 Å². The fourth-order valence-corrected chi connectivity index (χ4v) is 9.04. The molecule has 0 aromatic heterocycles. The maximum absolute atomic E-state index is 12.8. The summed E-state index contributed by atoms with van der Waals surface area (Å²) in [5.74, 6) is -0.337. The Morgan fingerprint density at radius 3 is 1.19 bits per heavy atom. The molecule has 0 saturated carbocycles. The Labute approximate surface area is 452 Å². The number of hydrogen-bond donors (Lipinski definition) is 0. The average molecular weight is 1040 g/mol. The Bertz CT molecular complexity index is 1440. The van der Waals surface area contributed by atoms with Crippen LogP contribution in [0, 0.1) is 0 Å². The highest BCUT2D eigenvalue weighted by Crippen LogP contribution is 2.38. The van der Waals surface area contributed by atoms with Crippen molar-refractivity contribution in [3.63, 3.8) is 0 Å². The van der Waals surface area contributed by atoms with Crippen LogP contribution in [0.5, 0.6) is 0 Å². The second-order valence-electron chi connectivity index (χ2n) is 21.3. The number of unbranched alkanes of at least 4 members (excludes halogenated alkanes) is 28. The normalized spacial score (nSPS) is 14.0. The van der Waals surface area contributed by atoms with Gasteiger partial charge in [0.15, 0.2) is 0 Å². The van der Waals surface area contributed by atoms with Crippen molar-refractivity contribution in [2.75, 3.05) is 54.1 Å². The van der Waals surface area contributed by atoms with Gasteiger partial charge in [-0.25, -0.2) is 0 Å². The van der Waals surface area contributed by atoms with Gasteiger partial charge in [0.05, 0.1) is 34.4 Å². The molecule has 0 fully saturated rings. The van der Waals surface area contributed by atoms with Crippen LogP contribution in [0.3, 0.4) is 0 Å². The van der Waals surface area contributed by atoms with Crippen LogP contribution in [-0.2, 0) is 27.9 Å². The van der Waals surface area contributed by atoms with Gasteiger partial charge in [-0.2, -0.15) is 0 Å². The van der Waals surface area contributed by atoms with E-state index in [9.17, 15) is 14.3 Å². The molecule has 0 aromatic carbocycles. The number of carbonyl (C=O) groups is 1. The summed E-state index contributed by atoms with van der Waals surface area (Å²) in [6.07, 6.45) is 76.3. The lowest BCUT2D eigenvalue weighted by Gasteiger charge is -2.28. The molecular weight excluding hydrogens is 926 g/mol. The van der Waals surface area contributed by atoms with Crippen LogP contribution < -0.4 is 4.89 Å². The van der Waals surface area contributed by atoms with Gasteiger partial charge in [0, 0.05) is 13.0 Å². The minimum atomic E-state index is -4.54.